The summed E-state index contributed by atoms with van der Waals surface area (Å²) in [6.45, 7) is 0. The van der Waals surface area contributed by atoms with Crippen LogP contribution in [0.1, 0.15) is 5.56 Å². The quantitative estimate of drug-likeness (QED) is 0.783. The van der Waals surface area contributed by atoms with Crippen LogP contribution in [0.25, 0.3) is 0 Å². The highest BCUT2D eigenvalue weighted by Gasteiger charge is 2.23. The Labute approximate surface area is 93.0 Å². The van der Waals surface area contributed by atoms with E-state index in [1.807, 2.05) is 17.8 Å². The molecule has 0 unspecified atom stereocenters. The number of para-hydroxylation sites is 1. The van der Waals surface area contributed by atoms with E-state index in [-0.39, 0.29) is 6.10 Å². The lowest BCUT2D eigenvalue weighted by Gasteiger charge is -2.27. The zero-order valence-corrected chi connectivity index (χ0v) is 9.21. The lowest BCUT2D eigenvalue weighted by atomic mass is 10.2. The zero-order chi connectivity index (χ0) is 10.7. The zero-order valence-electron chi connectivity index (χ0n) is 8.40. The first kappa shape index (κ1) is 10.2. The summed E-state index contributed by atoms with van der Waals surface area (Å²) in [5.41, 5.74) is 0.534. The molecule has 0 spiro atoms. The summed E-state index contributed by atoms with van der Waals surface area (Å²) in [7, 11) is 1.58. The van der Waals surface area contributed by atoms with Crippen molar-refractivity contribution in [2.24, 2.45) is 0 Å². The molecule has 1 aromatic carbocycles. The van der Waals surface area contributed by atoms with Crippen molar-refractivity contribution < 1.29 is 9.47 Å². The number of ether oxygens (including phenoxy) is 2. The molecule has 78 valence electrons. The summed E-state index contributed by atoms with van der Waals surface area (Å²) >= 11 is 1.84. The number of thioether (sulfide) groups is 1. The first-order chi connectivity index (χ1) is 7.35. The largest absolute Gasteiger partial charge is 0.493 e. The maximum atomic E-state index is 8.95. The van der Waals surface area contributed by atoms with Crippen molar-refractivity contribution in [3.8, 4) is 17.6 Å². The van der Waals surface area contributed by atoms with Crippen molar-refractivity contribution >= 4 is 11.8 Å². The van der Waals surface area contributed by atoms with Gasteiger partial charge in [-0.15, -0.1) is 0 Å². The number of benzene rings is 1. The average Bonchev–Trinajstić information content (AvgIpc) is 2.23. The molecule has 1 heterocycles. The van der Waals surface area contributed by atoms with Crippen LogP contribution in [0.5, 0.6) is 11.5 Å². The van der Waals surface area contributed by atoms with Crippen molar-refractivity contribution in [3.05, 3.63) is 23.8 Å². The Morgan fingerprint density at radius 2 is 2.27 bits per heavy atom. The summed E-state index contributed by atoms with van der Waals surface area (Å²) < 4.78 is 10.9. The molecule has 1 aliphatic rings. The summed E-state index contributed by atoms with van der Waals surface area (Å²) in [5.74, 6) is 3.19. The topological polar surface area (TPSA) is 42.2 Å². The summed E-state index contributed by atoms with van der Waals surface area (Å²) in [6.07, 6.45) is 0.221. The van der Waals surface area contributed by atoms with Crippen LogP contribution in [0.4, 0.5) is 0 Å². The number of hydrogen-bond donors (Lipinski definition) is 0. The molecule has 0 saturated carbocycles. The van der Waals surface area contributed by atoms with Gasteiger partial charge in [-0.2, -0.15) is 17.0 Å². The second-order valence-corrected chi connectivity index (χ2v) is 4.30. The van der Waals surface area contributed by atoms with Crippen molar-refractivity contribution in [1.29, 1.82) is 5.26 Å². The van der Waals surface area contributed by atoms with E-state index in [2.05, 4.69) is 6.07 Å². The van der Waals surface area contributed by atoms with E-state index in [1.54, 1.807) is 19.2 Å². The fourth-order valence-electron chi connectivity index (χ4n) is 1.33. The SMILES string of the molecule is COc1cccc(C#N)c1OC1CSC1. The lowest BCUT2D eigenvalue weighted by molar-refractivity contribution is 0.227. The van der Waals surface area contributed by atoms with Gasteiger partial charge in [0.05, 0.1) is 12.7 Å². The van der Waals surface area contributed by atoms with E-state index in [9.17, 15) is 0 Å². The van der Waals surface area contributed by atoms with Crippen LogP contribution < -0.4 is 9.47 Å². The molecule has 0 aromatic heterocycles. The van der Waals surface area contributed by atoms with E-state index in [4.69, 9.17) is 14.7 Å². The fourth-order valence-corrected chi connectivity index (χ4v) is 1.90. The van der Waals surface area contributed by atoms with Gasteiger partial charge in [-0.1, -0.05) is 6.07 Å². The van der Waals surface area contributed by atoms with Gasteiger partial charge >= 0.3 is 0 Å². The van der Waals surface area contributed by atoms with Gasteiger partial charge in [0, 0.05) is 11.5 Å². The molecule has 0 bridgehead atoms. The number of nitrogens with zero attached hydrogens (tertiary/aromatic N) is 1. The predicted molar refractivity (Wildman–Crippen MR) is 59.5 cm³/mol. The monoisotopic (exact) mass is 221 g/mol. The van der Waals surface area contributed by atoms with Crippen LogP contribution in [0, 0.1) is 11.3 Å². The summed E-state index contributed by atoms with van der Waals surface area (Å²) in [5, 5.41) is 8.95. The normalized spacial score (nSPS) is 15.2. The van der Waals surface area contributed by atoms with Gasteiger partial charge in [0.25, 0.3) is 0 Å². The first-order valence-corrected chi connectivity index (χ1v) is 5.82. The highest BCUT2D eigenvalue weighted by atomic mass is 32.2. The molecule has 1 aromatic rings. The van der Waals surface area contributed by atoms with Gasteiger partial charge in [-0.3, -0.25) is 0 Å². The fraction of sp³-hybridized carbons (Fsp3) is 0.364. The maximum Gasteiger partial charge on any atom is 0.179 e. The van der Waals surface area contributed by atoms with E-state index < -0.39 is 0 Å². The Morgan fingerprint density at radius 1 is 1.47 bits per heavy atom. The molecule has 3 nitrogen and oxygen atoms in total. The molecule has 0 N–H and O–H groups in total. The van der Waals surface area contributed by atoms with Crippen LogP contribution in [0.3, 0.4) is 0 Å². The molecule has 0 atom stereocenters. The molecule has 15 heavy (non-hydrogen) atoms. The molecule has 0 amide bonds. The van der Waals surface area contributed by atoms with Gasteiger partial charge in [0.1, 0.15) is 12.2 Å². The van der Waals surface area contributed by atoms with E-state index in [0.717, 1.165) is 11.5 Å². The molecule has 0 radical (unpaired) electrons. The minimum Gasteiger partial charge on any atom is -0.493 e. The number of nitriles is 1. The lowest BCUT2D eigenvalue weighted by Crippen LogP contribution is -2.31. The summed E-state index contributed by atoms with van der Waals surface area (Å²) in [6, 6.07) is 7.45. The Hall–Kier alpha value is -1.34. The Bertz CT molecular complexity index is 396. The van der Waals surface area contributed by atoms with Crippen molar-refractivity contribution in [2.45, 2.75) is 6.10 Å². The second kappa shape index (κ2) is 4.45. The van der Waals surface area contributed by atoms with E-state index >= 15 is 0 Å². The molecule has 4 heteroatoms. The van der Waals surface area contributed by atoms with Gasteiger partial charge in [0.15, 0.2) is 11.5 Å². The third-order valence-electron chi connectivity index (χ3n) is 2.21. The van der Waals surface area contributed by atoms with Gasteiger partial charge in [-0.25, -0.2) is 0 Å². The molecule has 1 aliphatic heterocycles. The third kappa shape index (κ3) is 2.02. The van der Waals surface area contributed by atoms with Crippen LogP contribution in [0.15, 0.2) is 18.2 Å². The van der Waals surface area contributed by atoms with Crippen LogP contribution >= 0.6 is 11.8 Å². The number of methoxy groups -OCH3 is 1. The molecule has 0 aliphatic carbocycles. The first-order valence-electron chi connectivity index (χ1n) is 4.66. The molecule has 1 fully saturated rings. The molecule has 2 rings (SSSR count). The maximum absolute atomic E-state index is 8.95. The van der Waals surface area contributed by atoms with Gasteiger partial charge < -0.3 is 9.47 Å². The molecular weight excluding hydrogens is 210 g/mol. The van der Waals surface area contributed by atoms with Crippen LogP contribution in [0.2, 0.25) is 0 Å². The van der Waals surface area contributed by atoms with Crippen LogP contribution in [-0.2, 0) is 0 Å². The highest BCUT2D eigenvalue weighted by Crippen LogP contribution is 2.34. The smallest absolute Gasteiger partial charge is 0.179 e. The van der Waals surface area contributed by atoms with E-state index in [1.165, 1.54) is 0 Å². The Kier molecular flexibility index (Phi) is 3.02. The second-order valence-electron chi connectivity index (χ2n) is 3.23. The van der Waals surface area contributed by atoms with Crippen molar-refractivity contribution in [2.75, 3.05) is 18.6 Å². The van der Waals surface area contributed by atoms with Crippen LogP contribution in [-0.4, -0.2) is 24.7 Å². The third-order valence-corrected chi connectivity index (χ3v) is 3.43. The van der Waals surface area contributed by atoms with E-state index in [0.29, 0.717) is 17.1 Å². The molecule has 1 saturated heterocycles. The number of hydrogen-bond acceptors (Lipinski definition) is 4. The minimum atomic E-state index is 0.221. The molecular formula is C11H11NO2S. The van der Waals surface area contributed by atoms with Gasteiger partial charge in [0.2, 0.25) is 0 Å². The average molecular weight is 221 g/mol. The Morgan fingerprint density at radius 3 is 2.80 bits per heavy atom. The number of rotatable bonds is 3. The predicted octanol–water partition coefficient (Wildman–Crippen LogP) is 2.06. The van der Waals surface area contributed by atoms with Crippen molar-refractivity contribution in [1.82, 2.24) is 0 Å². The highest BCUT2D eigenvalue weighted by molar-refractivity contribution is 8.00. The van der Waals surface area contributed by atoms with Crippen molar-refractivity contribution in [3.63, 3.8) is 0 Å². The van der Waals surface area contributed by atoms with Gasteiger partial charge in [-0.05, 0) is 12.1 Å². The minimum absolute atomic E-state index is 0.221. The summed E-state index contributed by atoms with van der Waals surface area (Å²) in [4.78, 5) is 0. The Balaban J connectivity index is 2.28. The standard InChI is InChI=1S/C11H11NO2S/c1-13-10-4-2-3-8(5-12)11(10)14-9-6-15-7-9/h2-4,9H,6-7H2,1H3.